The quantitative estimate of drug-likeness (QED) is 0.913. The van der Waals surface area contributed by atoms with E-state index in [1.165, 1.54) is 0 Å². The molecule has 1 aromatic heterocycles. The van der Waals surface area contributed by atoms with E-state index in [-0.39, 0.29) is 18.6 Å². The molecule has 23 heavy (non-hydrogen) atoms. The van der Waals surface area contributed by atoms with Gasteiger partial charge in [0.05, 0.1) is 23.6 Å². The van der Waals surface area contributed by atoms with Gasteiger partial charge in [-0.15, -0.1) is 0 Å². The molecule has 0 aliphatic carbocycles. The number of amides is 1. The monoisotopic (exact) mass is 311 g/mol. The Balaban J connectivity index is 1.60. The number of anilines is 1. The van der Waals surface area contributed by atoms with E-state index in [0.29, 0.717) is 11.4 Å². The fraction of sp³-hybridized carbons (Fsp3) is 0.312. The Hall–Kier alpha value is -2.83. The molecule has 0 radical (unpaired) electrons. The summed E-state index contributed by atoms with van der Waals surface area (Å²) in [5.41, 5.74) is 3.83. The second-order valence-corrected chi connectivity index (χ2v) is 5.84. The number of carbonyl (C=O) groups excluding carboxylic acids is 1. The number of aryl methyl sites for hydroxylation is 1. The van der Waals surface area contributed by atoms with Crippen LogP contribution in [0.4, 0.5) is 5.69 Å². The van der Waals surface area contributed by atoms with Crippen molar-refractivity contribution in [1.29, 1.82) is 0 Å². The molecular formula is C16H17N5O2. The summed E-state index contributed by atoms with van der Waals surface area (Å²) in [5.74, 6) is 0.567. The van der Waals surface area contributed by atoms with Crippen molar-refractivity contribution in [3.05, 3.63) is 41.7 Å². The number of hydrogen-bond acceptors (Lipinski definition) is 5. The summed E-state index contributed by atoms with van der Waals surface area (Å²) >= 11 is 0. The van der Waals surface area contributed by atoms with E-state index in [1.54, 1.807) is 4.68 Å². The Bertz CT molecular complexity index is 811. The molecule has 118 valence electrons. The van der Waals surface area contributed by atoms with Crippen LogP contribution in [0.1, 0.15) is 23.6 Å². The van der Waals surface area contributed by atoms with Gasteiger partial charge in [0.1, 0.15) is 5.75 Å². The zero-order valence-corrected chi connectivity index (χ0v) is 13.0. The Morgan fingerprint density at radius 1 is 1.35 bits per heavy atom. The molecule has 2 aromatic rings. The predicted molar refractivity (Wildman–Crippen MR) is 85.4 cm³/mol. The van der Waals surface area contributed by atoms with Crippen LogP contribution >= 0.6 is 0 Å². The van der Waals surface area contributed by atoms with Crippen LogP contribution in [0.5, 0.6) is 5.75 Å². The lowest BCUT2D eigenvalue weighted by atomic mass is 10.00. The lowest BCUT2D eigenvalue weighted by molar-refractivity contribution is -0.118. The van der Waals surface area contributed by atoms with Crippen molar-refractivity contribution in [1.82, 2.24) is 14.8 Å². The highest BCUT2D eigenvalue weighted by Gasteiger charge is 2.28. The number of ether oxygens (including phenoxy) is 1. The lowest BCUT2D eigenvalue weighted by Crippen LogP contribution is -2.25. The average Bonchev–Trinajstić information content (AvgIpc) is 3.12. The Morgan fingerprint density at radius 2 is 2.22 bits per heavy atom. The third kappa shape index (κ3) is 2.44. The minimum Gasteiger partial charge on any atom is -0.482 e. The number of hydrazone groups is 1. The summed E-state index contributed by atoms with van der Waals surface area (Å²) in [4.78, 5) is 11.5. The van der Waals surface area contributed by atoms with Crippen molar-refractivity contribution in [3.63, 3.8) is 0 Å². The van der Waals surface area contributed by atoms with E-state index < -0.39 is 0 Å². The topological polar surface area (TPSA) is 71.8 Å². The van der Waals surface area contributed by atoms with E-state index in [1.807, 2.05) is 49.7 Å². The molecule has 7 heteroatoms. The highest BCUT2D eigenvalue weighted by atomic mass is 16.5. The van der Waals surface area contributed by atoms with E-state index in [4.69, 9.17) is 4.74 Å². The van der Waals surface area contributed by atoms with Crippen LogP contribution in [0.3, 0.4) is 0 Å². The van der Waals surface area contributed by atoms with Crippen LogP contribution in [0, 0.1) is 0 Å². The molecule has 0 saturated heterocycles. The third-order valence-corrected chi connectivity index (χ3v) is 4.17. The normalized spacial score (nSPS) is 19.9. The molecule has 0 saturated carbocycles. The largest absolute Gasteiger partial charge is 0.482 e. The van der Waals surface area contributed by atoms with Gasteiger partial charge in [0.25, 0.3) is 5.91 Å². The molecule has 2 aliphatic heterocycles. The first-order valence-corrected chi connectivity index (χ1v) is 7.46. The van der Waals surface area contributed by atoms with Crippen LogP contribution < -0.4 is 10.1 Å². The van der Waals surface area contributed by atoms with Gasteiger partial charge in [0.2, 0.25) is 0 Å². The van der Waals surface area contributed by atoms with Crippen LogP contribution in [0.25, 0.3) is 0 Å². The number of rotatable bonds is 2. The highest BCUT2D eigenvalue weighted by Crippen LogP contribution is 2.34. The molecule has 1 aromatic carbocycles. The van der Waals surface area contributed by atoms with E-state index in [0.717, 1.165) is 23.3 Å². The molecule has 3 heterocycles. The molecule has 7 nitrogen and oxygen atoms in total. The molecule has 1 unspecified atom stereocenters. The first-order valence-electron chi connectivity index (χ1n) is 7.46. The van der Waals surface area contributed by atoms with Gasteiger partial charge in [0, 0.05) is 37.8 Å². The second kappa shape index (κ2) is 5.12. The van der Waals surface area contributed by atoms with E-state index in [9.17, 15) is 4.79 Å². The van der Waals surface area contributed by atoms with Gasteiger partial charge in [-0.25, -0.2) is 0 Å². The zero-order valence-electron chi connectivity index (χ0n) is 13.0. The van der Waals surface area contributed by atoms with Gasteiger partial charge in [-0.05, 0) is 18.2 Å². The van der Waals surface area contributed by atoms with Gasteiger partial charge in [-0.2, -0.15) is 10.2 Å². The number of nitrogens with zero attached hydrogens (tertiary/aromatic N) is 4. The summed E-state index contributed by atoms with van der Waals surface area (Å²) in [6, 6.07) is 5.96. The summed E-state index contributed by atoms with van der Waals surface area (Å²) < 4.78 is 7.19. The number of nitrogens with one attached hydrogen (secondary N) is 1. The Labute approximate surface area is 133 Å². The first kappa shape index (κ1) is 13.8. The maximum atomic E-state index is 11.5. The molecule has 1 amide bonds. The summed E-state index contributed by atoms with van der Waals surface area (Å²) in [6.45, 7) is 0.0686. The molecule has 0 spiro atoms. The van der Waals surface area contributed by atoms with Gasteiger partial charge in [0.15, 0.2) is 6.61 Å². The third-order valence-electron chi connectivity index (χ3n) is 4.17. The van der Waals surface area contributed by atoms with Crippen molar-refractivity contribution in [2.75, 3.05) is 19.0 Å². The van der Waals surface area contributed by atoms with Gasteiger partial charge in [-0.1, -0.05) is 0 Å². The van der Waals surface area contributed by atoms with Gasteiger partial charge >= 0.3 is 0 Å². The minimum absolute atomic E-state index is 0.0686. The average molecular weight is 311 g/mol. The first-order chi connectivity index (χ1) is 11.1. The van der Waals surface area contributed by atoms with Crippen molar-refractivity contribution >= 4 is 17.3 Å². The fourth-order valence-electron chi connectivity index (χ4n) is 3.00. The predicted octanol–water partition coefficient (Wildman–Crippen LogP) is 1.53. The smallest absolute Gasteiger partial charge is 0.262 e. The molecule has 1 atom stereocenters. The van der Waals surface area contributed by atoms with Gasteiger partial charge in [-0.3, -0.25) is 14.5 Å². The number of fused-ring (bicyclic) bond motifs is 1. The SMILES string of the molecule is CN1N=C(c2ccc3c(c2)NC(=O)CO3)CC1c1cnn(C)c1. The minimum atomic E-state index is -0.131. The standard InChI is InChI=1S/C16H17N5O2/c1-20-8-11(7-17-20)14-6-12(19-21(14)2)10-3-4-15-13(5-10)18-16(22)9-23-15/h3-5,7-8,14H,6,9H2,1-2H3,(H,18,22). The molecule has 2 aliphatic rings. The summed E-state index contributed by atoms with van der Waals surface area (Å²) in [5, 5.41) is 13.7. The van der Waals surface area contributed by atoms with Crippen molar-refractivity contribution in [2.45, 2.75) is 12.5 Å². The Kier molecular flexibility index (Phi) is 3.07. The van der Waals surface area contributed by atoms with Crippen LogP contribution in [0.15, 0.2) is 35.7 Å². The van der Waals surface area contributed by atoms with Crippen LogP contribution in [0.2, 0.25) is 0 Å². The van der Waals surface area contributed by atoms with E-state index >= 15 is 0 Å². The number of aromatic nitrogens is 2. The van der Waals surface area contributed by atoms with Crippen molar-refractivity contribution < 1.29 is 9.53 Å². The van der Waals surface area contributed by atoms with Crippen LogP contribution in [-0.2, 0) is 11.8 Å². The maximum Gasteiger partial charge on any atom is 0.262 e. The zero-order chi connectivity index (χ0) is 16.0. The second-order valence-electron chi connectivity index (χ2n) is 5.84. The molecule has 1 N–H and O–H groups in total. The lowest BCUT2D eigenvalue weighted by Gasteiger charge is -2.18. The highest BCUT2D eigenvalue weighted by molar-refractivity contribution is 6.04. The number of benzene rings is 1. The van der Waals surface area contributed by atoms with Crippen molar-refractivity contribution in [2.24, 2.45) is 12.1 Å². The van der Waals surface area contributed by atoms with Gasteiger partial charge < -0.3 is 10.1 Å². The molecule has 0 fully saturated rings. The summed E-state index contributed by atoms with van der Waals surface area (Å²) in [7, 11) is 3.88. The number of hydrogen-bond donors (Lipinski definition) is 1. The van der Waals surface area contributed by atoms with Crippen LogP contribution in [-0.4, -0.2) is 40.1 Å². The summed E-state index contributed by atoms with van der Waals surface area (Å²) in [6.07, 6.45) is 4.69. The number of carbonyl (C=O) groups is 1. The van der Waals surface area contributed by atoms with E-state index in [2.05, 4.69) is 15.5 Å². The molecule has 4 rings (SSSR count). The fourth-order valence-corrected chi connectivity index (χ4v) is 3.00. The Morgan fingerprint density at radius 3 is 3.00 bits per heavy atom. The maximum absolute atomic E-state index is 11.5. The van der Waals surface area contributed by atoms with Crippen molar-refractivity contribution in [3.8, 4) is 5.75 Å². The molecule has 0 bridgehead atoms. The molecular weight excluding hydrogens is 294 g/mol.